The van der Waals surface area contributed by atoms with Gasteiger partial charge in [0.15, 0.2) is 0 Å². The molecule has 3 heterocycles. The number of carbonyl (C=O) groups excluding carboxylic acids is 9. The van der Waals surface area contributed by atoms with Crippen molar-refractivity contribution in [2.75, 3.05) is 32.0 Å². The van der Waals surface area contributed by atoms with Crippen LogP contribution < -0.4 is 53.7 Å². The van der Waals surface area contributed by atoms with Crippen molar-refractivity contribution >= 4 is 65.1 Å². The zero-order valence-electron chi connectivity index (χ0n) is 35.2. The van der Waals surface area contributed by atoms with Crippen LogP contribution in [-0.2, 0) is 51.2 Å². The second-order valence-corrected chi connectivity index (χ2v) is 16.7. The van der Waals surface area contributed by atoms with Gasteiger partial charge in [-0.2, -0.15) is 11.8 Å². The Kier molecular flexibility index (Phi) is 20.8. The van der Waals surface area contributed by atoms with E-state index in [1.54, 1.807) is 30.3 Å². The van der Waals surface area contributed by atoms with Gasteiger partial charge in [0.25, 0.3) is 0 Å². The van der Waals surface area contributed by atoms with E-state index in [-0.39, 0.29) is 43.3 Å². The highest BCUT2D eigenvalue weighted by atomic mass is 32.2. The molecule has 14 N–H and O–H groups in total. The van der Waals surface area contributed by atoms with E-state index in [9.17, 15) is 48.3 Å². The summed E-state index contributed by atoms with van der Waals surface area (Å²) < 4.78 is 0. The number of nitrogens with two attached hydrogens (primary N) is 1. The Balaban J connectivity index is 1.14. The van der Waals surface area contributed by atoms with Gasteiger partial charge in [-0.25, -0.2) is 15.3 Å². The fraction of sp³-hybridized carbons (Fsp3) is 0.550. The highest BCUT2D eigenvalue weighted by Gasteiger charge is 2.42. The Labute approximate surface area is 373 Å². The first-order valence-corrected chi connectivity index (χ1v) is 22.0. The predicted octanol–water partition coefficient (Wildman–Crippen LogP) is -3.12. The van der Waals surface area contributed by atoms with Crippen LogP contribution >= 0.6 is 11.8 Å². The zero-order chi connectivity index (χ0) is 46.4. The number of carbonyl (C=O) groups is 9. The number of aliphatic hydroxyl groups excluding tert-OH is 1. The zero-order valence-corrected chi connectivity index (χ0v) is 36.0. The van der Waals surface area contributed by atoms with E-state index in [2.05, 4.69) is 52.5 Å². The maximum Gasteiger partial charge on any atom is 0.315 e. The van der Waals surface area contributed by atoms with Gasteiger partial charge in [-0.15, -0.1) is 0 Å². The summed E-state index contributed by atoms with van der Waals surface area (Å²) in [6.07, 6.45) is 6.30. The van der Waals surface area contributed by atoms with Crippen LogP contribution in [0.5, 0.6) is 0 Å². The number of amides is 10. The number of urea groups is 1. The molecule has 0 saturated carbocycles. The summed E-state index contributed by atoms with van der Waals surface area (Å²) >= 11 is 1.83. The van der Waals surface area contributed by atoms with Crippen molar-refractivity contribution in [3.05, 3.63) is 54.1 Å². The molecular formula is C40H58N12O11S. The third-order valence-corrected chi connectivity index (χ3v) is 12.1. The van der Waals surface area contributed by atoms with Crippen LogP contribution in [0.15, 0.2) is 42.9 Å². The number of aliphatic hydroxyl groups is 1. The lowest BCUT2D eigenvalue weighted by atomic mass is 9.94. The van der Waals surface area contributed by atoms with Gasteiger partial charge < -0.3 is 58.4 Å². The molecule has 1 aromatic carbocycles. The quantitative estimate of drug-likeness (QED) is 0.0174. The van der Waals surface area contributed by atoms with E-state index in [1.165, 1.54) is 18.0 Å². The van der Waals surface area contributed by atoms with Gasteiger partial charge in [0, 0.05) is 48.7 Å². The second-order valence-electron chi connectivity index (χ2n) is 15.4. The van der Waals surface area contributed by atoms with Crippen LogP contribution in [-0.4, -0.2) is 141 Å². The Morgan fingerprint density at radius 1 is 0.797 bits per heavy atom. The number of hydrogen-bond donors (Lipinski definition) is 13. The number of aromatic amines is 1. The average molecular weight is 915 g/mol. The van der Waals surface area contributed by atoms with Crippen molar-refractivity contribution in [2.24, 2.45) is 11.7 Å². The Hall–Kier alpha value is -6.27. The molecule has 0 radical (unpaired) electrons. The van der Waals surface area contributed by atoms with Gasteiger partial charge >= 0.3 is 6.03 Å². The van der Waals surface area contributed by atoms with Crippen molar-refractivity contribution in [1.82, 2.24) is 58.0 Å². The van der Waals surface area contributed by atoms with Gasteiger partial charge in [0.2, 0.25) is 47.3 Å². The SMILES string of the molecule is NC(=O)[C@H](CCCCNC(=O)CCCC[C@@H]1SC[C@@H]2NC(=O)N[C@@H]21)NC(=O)CNC(=O)CNC(=O)[C@H](CO)NC(=O)[C@H](Cc1cnc[nH]1)NC(=O)C(CC(=O)NO)Cc1ccccc1. The van der Waals surface area contributed by atoms with Gasteiger partial charge in [-0.05, 0) is 44.1 Å². The number of thioether (sulfide) groups is 1. The molecule has 350 valence electrons. The van der Waals surface area contributed by atoms with Crippen molar-refractivity contribution in [2.45, 2.75) is 99.7 Å². The smallest absolute Gasteiger partial charge is 0.315 e. The van der Waals surface area contributed by atoms with Gasteiger partial charge in [0.05, 0.1) is 44.0 Å². The normalized spacial score (nSPS) is 18.1. The van der Waals surface area contributed by atoms with Crippen LogP contribution in [0.4, 0.5) is 4.79 Å². The number of imidazole rings is 1. The van der Waals surface area contributed by atoms with Crippen molar-refractivity contribution in [1.29, 1.82) is 0 Å². The number of primary amides is 1. The van der Waals surface area contributed by atoms with E-state index in [4.69, 9.17) is 10.9 Å². The van der Waals surface area contributed by atoms with E-state index < -0.39 is 91.5 Å². The maximum absolute atomic E-state index is 13.5. The van der Waals surface area contributed by atoms with Crippen LogP contribution in [0, 0.1) is 5.92 Å². The fourth-order valence-electron chi connectivity index (χ4n) is 7.13. The molecule has 2 fully saturated rings. The van der Waals surface area contributed by atoms with Crippen LogP contribution in [0.25, 0.3) is 0 Å². The van der Waals surface area contributed by atoms with Gasteiger partial charge in [0.1, 0.15) is 18.1 Å². The molecule has 10 amide bonds. The number of unbranched alkanes of at least 4 members (excludes halogenated alkanes) is 2. The highest BCUT2D eigenvalue weighted by Crippen LogP contribution is 2.33. The van der Waals surface area contributed by atoms with Gasteiger partial charge in [-0.3, -0.25) is 43.6 Å². The third-order valence-electron chi connectivity index (χ3n) is 10.5. The van der Waals surface area contributed by atoms with E-state index >= 15 is 0 Å². The molecule has 2 aliphatic rings. The number of fused-ring (bicyclic) bond motifs is 1. The molecule has 0 aliphatic carbocycles. The monoisotopic (exact) mass is 914 g/mol. The summed E-state index contributed by atoms with van der Waals surface area (Å²) in [5.41, 5.74) is 8.11. The number of aromatic nitrogens is 2. The van der Waals surface area contributed by atoms with Crippen LogP contribution in [0.3, 0.4) is 0 Å². The molecule has 0 bridgehead atoms. The summed E-state index contributed by atoms with van der Waals surface area (Å²) in [6.45, 7) is -1.76. The summed E-state index contributed by atoms with van der Waals surface area (Å²) in [5, 5.41) is 40.0. The van der Waals surface area contributed by atoms with E-state index in [0.29, 0.717) is 48.7 Å². The predicted molar refractivity (Wildman–Crippen MR) is 229 cm³/mol. The molecule has 1 unspecified atom stereocenters. The lowest BCUT2D eigenvalue weighted by molar-refractivity contribution is -0.137. The first kappa shape index (κ1) is 50.4. The second kappa shape index (κ2) is 26.4. The molecule has 7 atom stereocenters. The molecule has 64 heavy (non-hydrogen) atoms. The standard InChI is InChI=1S/C40H58N12O11S/c41-36(58)26(10-6-7-13-43-31(54)12-5-4-11-30-35-29(21-64-30)50-40(62)51-35)47-34(57)19-44-33(56)18-45-38(60)28(20-53)49-39(61)27(16-25-17-42-22-46-25)48-37(59)24(15-32(55)52-63)14-23-8-2-1-3-9-23/h1-3,8-9,17,22,24,26-30,35,53,63H,4-7,10-16,18-21H2,(H2,41,58)(H,42,46)(H,43,54)(H,44,56)(H,45,60)(H,47,57)(H,48,59)(H,49,61)(H,52,55)(H2,50,51,62)/t24?,26-,27-,28-,29-,30-,35-/m0/s1. The third kappa shape index (κ3) is 17.1. The number of nitrogens with one attached hydrogen (secondary N) is 10. The highest BCUT2D eigenvalue weighted by molar-refractivity contribution is 8.00. The average Bonchev–Trinajstić information content (AvgIpc) is 4.03. The lowest BCUT2D eigenvalue weighted by Gasteiger charge is -2.24. The molecule has 2 saturated heterocycles. The molecule has 2 aromatic rings. The van der Waals surface area contributed by atoms with Crippen molar-refractivity contribution in [3.63, 3.8) is 0 Å². The molecule has 23 nitrogen and oxygen atoms in total. The van der Waals surface area contributed by atoms with Gasteiger partial charge in [-0.1, -0.05) is 36.8 Å². The number of H-pyrrole nitrogens is 1. The summed E-state index contributed by atoms with van der Waals surface area (Å²) in [7, 11) is 0. The minimum Gasteiger partial charge on any atom is -0.394 e. The Morgan fingerprint density at radius 3 is 2.25 bits per heavy atom. The topological polar surface area (TPSA) is 357 Å². The molecule has 1 aromatic heterocycles. The number of hydrogen-bond acceptors (Lipinski definition) is 13. The first-order valence-electron chi connectivity index (χ1n) is 21.0. The molecule has 0 spiro atoms. The number of benzene rings is 1. The molecule has 2 aliphatic heterocycles. The summed E-state index contributed by atoms with van der Waals surface area (Å²) in [5.74, 6) is -5.97. The van der Waals surface area contributed by atoms with Crippen molar-refractivity contribution < 1.29 is 53.5 Å². The Bertz CT molecular complexity index is 1910. The number of hydroxylamine groups is 1. The lowest BCUT2D eigenvalue weighted by Crippen LogP contribution is -2.57. The van der Waals surface area contributed by atoms with E-state index in [1.807, 2.05) is 11.8 Å². The number of nitrogens with zero attached hydrogens (tertiary/aromatic N) is 1. The van der Waals surface area contributed by atoms with Crippen LogP contribution in [0.1, 0.15) is 62.6 Å². The minimum atomic E-state index is -1.58. The fourth-order valence-corrected chi connectivity index (χ4v) is 8.68. The van der Waals surface area contributed by atoms with Crippen LogP contribution in [0.2, 0.25) is 0 Å². The minimum absolute atomic E-state index is 0.0873. The maximum atomic E-state index is 13.5. The Morgan fingerprint density at radius 2 is 1.55 bits per heavy atom. The van der Waals surface area contributed by atoms with Crippen molar-refractivity contribution in [3.8, 4) is 0 Å². The largest absolute Gasteiger partial charge is 0.394 e. The molecule has 24 heteroatoms. The number of rotatable bonds is 28. The molecular weight excluding hydrogens is 857 g/mol. The first-order chi connectivity index (χ1) is 30.8. The molecule has 4 rings (SSSR count). The van der Waals surface area contributed by atoms with E-state index in [0.717, 1.165) is 18.6 Å². The summed E-state index contributed by atoms with van der Waals surface area (Å²) in [4.78, 5) is 120. The summed E-state index contributed by atoms with van der Waals surface area (Å²) in [6, 6.07) is 4.96.